The van der Waals surface area contributed by atoms with Crippen molar-refractivity contribution in [1.82, 2.24) is 19.7 Å². The number of aromatic nitrogens is 3. The van der Waals surface area contributed by atoms with Crippen molar-refractivity contribution in [1.29, 1.82) is 0 Å². The van der Waals surface area contributed by atoms with E-state index in [1.807, 2.05) is 18.1 Å². The van der Waals surface area contributed by atoms with Crippen LogP contribution in [0.4, 0.5) is 0 Å². The fourth-order valence-electron chi connectivity index (χ4n) is 3.11. The second-order valence-electron chi connectivity index (χ2n) is 7.62. The Hall–Kier alpha value is -1.69. The van der Waals surface area contributed by atoms with Crippen LogP contribution in [0.3, 0.4) is 0 Å². The third kappa shape index (κ3) is 3.69. The Morgan fingerprint density at radius 1 is 1.38 bits per heavy atom. The van der Waals surface area contributed by atoms with Crippen LogP contribution < -0.4 is 0 Å². The second kappa shape index (κ2) is 6.67. The van der Waals surface area contributed by atoms with Gasteiger partial charge < -0.3 is 4.90 Å². The van der Waals surface area contributed by atoms with Gasteiger partial charge in [-0.05, 0) is 24.8 Å². The molecule has 1 saturated heterocycles. The molecular weight excluding hydrogens is 320 g/mol. The molecule has 1 unspecified atom stereocenters. The number of nitrogens with zero attached hydrogens (tertiary/aromatic N) is 4. The molecule has 1 atom stereocenters. The molecule has 2 aromatic rings. The fraction of sp³-hybridized carbons (Fsp3) is 0.611. The van der Waals surface area contributed by atoms with Gasteiger partial charge in [-0.25, -0.2) is 4.98 Å². The second-order valence-corrected chi connectivity index (χ2v) is 8.51. The van der Waals surface area contributed by atoms with Gasteiger partial charge in [0.1, 0.15) is 5.01 Å². The van der Waals surface area contributed by atoms with Crippen LogP contribution in [-0.2, 0) is 23.7 Å². The summed E-state index contributed by atoms with van der Waals surface area (Å²) >= 11 is 1.69. The molecule has 3 rings (SSSR count). The van der Waals surface area contributed by atoms with Gasteiger partial charge in [-0.2, -0.15) is 5.10 Å². The zero-order valence-corrected chi connectivity index (χ0v) is 15.8. The molecular formula is C18H26N4OS. The van der Waals surface area contributed by atoms with Gasteiger partial charge in [0.15, 0.2) is 0 Å². The summed E-state index contributed by atoms with van der Waals surface area (Å²) < 4.78 is 1.74. The van der Waals surface area contributed by atoms with E-state index in [1.165, 1.54) is 0 Å². The maximum atomic E-state index is 12.8. The summed E-state index contributed by atoms with van der Waals surface area (Å²) in [6.07, 6.45) is 7.35. The number of piperidine rings is 1. The van der Waals surface area contributed by atoms with Crippen molar-refractivity contribution >= 4 is 17.2 Å². The third-order valence-corrected chi connectivity index (χ3v) is 5.46. The van der Waals surface area contributed by atoms with Crippen molar-refractivity contribution in [2.75, 3.05) is 6.54 Å². The number of carbonyl (C=O) groups excluding carboxylic acids is 1. The lowest BCUT2D eigenvalue weighted by Crippen LogP contribution is -2.39. The predicted molar refractivity (Wildman–Crippen MR) is 96.0 cm³/mol. The highest BCUT2D eigenvalue weighted by molar-refractivity contribution is 7.09. The van der Waals surface area contributed by atoms with E-state index in [0.717, 1.165) is 42.1 Å². The Balaban J connectivity index is 1.78. The molecule has 5 nitrogen and oxygen atoms in total. The maximum absolute atomic E-state index is 12.8. The summed E-state index contributed by atoms with van der Waals surface area (Å²) in [7, 11) is 1.88. The molecule has 6 heteroatoms. The predicted octanol–water partition coefficient (Wildman–Crippen LogP) is 3.47. The van der Waals surface area contributed by atoms with E-state index in [4.69, 9.17) is 4.98 Å². The molecule has 1 aliphatic rings. The van der Waals surface area contributed by atoms with Gasteiger partial charge in [0.2, 0.25) is 5.91 Å². The zero-order chi connectivity index (χ0) is 17.3. The molecule has 0 aromatic carbocycles. The fourth-order valence-corrected chi connectivity index (χ4v) is 4.30. The van der Waals surface area contributed by atoms with Crippen LogP contribution >= 0.6 is 11.3 Å². The van der Waals surface area contributed by atoms with Crippen molar-refractivity contribution in [2.45, 2.75) is 57.9 Å². The first-order chi connectivity index (χ1) is 11.3. The van der Waals surface area contributed by atoms with Gasteiger partial charge in [0.25, 0.3) is 0 Å². The van der Waals surface area contributed by atoms with Crippen LogP contribution in [-0.4, -0.2) is 32.1 Å². The minimum atomic E-state index is 0.0496. The summed E-state index contributed by atoms with van der Waals surface area (Å²) in [6.45, 7) is 7.36. The number of likely N-dealkylation sites (tertiary alicyclic amines) is 1. The molecule has 0 aliphatic carbocycles. The molecule has 3 heterocycles. The van der Waals surface area contributed by atoms with E-state index >= 15 is 0 Å². The minimum Gasteiger partial charge on any atom is -0.333 e. The highest BCUT2D eigenvalue weighted by atomic mass is 32.1. The van der Waals surface area contributed by atoms with Gasteiger partial charge in [-0.1, -0.05) is 20.8 Å². The van der Waals surface area contributed by atoms with Crippen molar-refractivity contribution in [3.63, 3.8) is 0 Å². The molecule has 0 N–H and O–H groups in total. The smallest absolute Gasteiger partial charge is 0.227 e. The largest absolute Gasteiger partial charge is 0.333 e. The Morgan fingerprint density at radius 2 is 2.17 bits per heavy atom. The average Bonchev–Trinajstić information content (AvgIpc) is 3.16. The summed E-state index contributed by atoms with van der Waals surface area (Å²) in [6, 6.07) is 0.129. The van der Waals surface area contributed by atoms with E-state index in [2.05, 4.69) is 31.2 Å². The van der Waals surface area contributed by atoms with Crippen LogP contribution in [0.5, 0.6) is 0 Å². The molecule has 130 valence electrons. The molecule has 1 amide bonds. The lowest BCUT2D eigenvalue weighted by molar-refractivity contribution is -0.134. The first-order valence-electron chi connectivity index (χ1n) is 8.57. The van der Waals surface area contributed by atoms with Crippen LogP contribution in [0.1, 0.15) is 62.3 Å². The van der Waals surface area contributed by atoms with E-state index < -0.39 is 0 Å². The molecule has 2 aromatic heterocycles. The maximum Gasteiger partial charge on any atom is 0.227 e. The van der Waals surface area contributed by atoms with Crippen molar-refractivity contribution < 1.29 is 4.79 Å². The number of hydrogen-bond donors (Lipinski definition) is 0. The lowest BCUT2D eigenvalue weighted by atomic mass is 9.93. The number of thiazole rings is 1. The summed E-state index contributed by atoms with van der Waals surface area (Å²) in [4.78, 5) is 19.7. The number of hydrogen-bond acceptors (Lipinski definition) is 4. The standard InChI is InChI=1S/C18H26N4OS/c1-18(2,3)15-12-24-17(20-15)14-7-5-6-8-22(14)16(23)9-13-10-19-21(4)11-13/h10-12,14H,5-9H2,1-4H3. The Labute approximate surface area is 147 Å². The highest BCUT2D eigenvalue weighted by Crippen LogP contribution is 2.35. The van der Waals surface area contributed by atoms with Gasteiger partial charge in [0, 0.05) is 30.6 Å². The average molecular weight is 346 g/mol. The topological polar surface area (TPSA) is 51.0 Å². The summed E-state index contributed by atoms with van der Waals surface area (Å²) in [5.74, 6) is 0.181. The highest BCUT2D eigenvalue weighted by Gasteiger charge is 2.31. The number of aryl methyl sites for hydroxylation is 1. The van der Waals surface area contributed by atoms with Gasteiger partial charge in [-0.15, -0.1) is 11.3 Å². The van der Waals surface area contributed by atoms with Crippen molar-refractivity contribution in [3.05, 3.63) is 34.0 Å². The number of amides is 1. The molecule has 0 radical (unpaired) electrons. The molecule has 0 spiro atoms. The van der Waals surface area contributed by atoms with E-state index in [1.54, 1.807) is 22.2 Å². The van der Waals surface area contributed by atoms with Crippen LogP contribution in [0.15, 0.2) is 17.8 Å². The monoisotopic (exact) mass is 346 g/mol. The Morgan fingerprint density at radius 3 is 2.79 bits per heavy atom. The van der Waals surface area contributed by atoms with Crippen molar-refractivity contribution in [3.8, 4) is 0 Å². The van der Waals surface area contributed by atoms with Crippen LogP contribution in [0, 0.1) is 0 Å². The molecule has 0 bridgehead atoms. The Bertz CT molecular complexity index is 713. The molecule has 0 saturated carbocycles. The van der Waals surface area contributed by atoms with Gasteiger partial charge in [0.05, 0.1) is 24.4 Å². The SMILES string of the molecule is Cn1cc(CC(=O)N2CCCCC2c2nc(C(C)(C)C)cs2)cn1. The van der Waals surface area contributed by atoms with E-state index in [0.29, 0.717) is 6.42 Å². The molecule has 1 fully saturated rings. The minimum absolute atomic E-state index is 0.0496. The normalized spacial score (nSPS) is 18.8. The van der Waals surface area contributed by atoms with E-state index in [-0.39, 0.29) is 17.4 Å². The first-order valence-corrected chi connectivity index (χ1v) is 9.45. The van der Waals surface area contributed by atoms with Crippen LogP contribution in [0.2, 0.25) is 0 Å². The number of carbonyl (C=O) groups is 1. The number of rotatable bonds is 3. The molecule has 1 aliphatic heterocycles. The quantitative estimate of drug-likeness (QED) is 0.855. The summed E-state index contributed by atoms with van der Waals surface area (Å²) in [5, 5.41) is 7.39. The first kappa shape index (κ1) is 17.1. The third-order valence-electron chi connectivity index (χ3n) is 4.51. The van der Waals surface area contributed by atoms with Crippen LogP contribution in [0.25, 0.3) is 0 Å². The lowest BCUT2D eigenvalue weighted by Gasteiger charge is -2.34. The van der Waals surface area contributed by atoms with E-state index in [9.17, 15) is 4.79 Å². The molecule has 24 heavy (non-hydrogen) atoms. The Kier molecular flexibility index (Phi) is 4.76. The van der Waals surface area contributed by atoms with Gasteiger partial charge in [-0.3, -0.25) is 9.48 Å². The van der Waals surface area contributed by atoms with Gasteiger partial charge >= 0.3 is 0 Å². The van der Waals surface area contributed by atoms with Crippen molar-refractivity contribution in [2.24, 2.45) is 7.05 Å². The zero-order valence-electron chi connectivity index (χ0n) is 15.0. The summed E-state index contributed by atoms with van der Waals surface area (Å²) in [5.41, 5.74) is 2.14.